The van der Waals surface area contributed by atoms with Gasteiger partial charge in [-0.15, -0.1) is 0 Å². The highest BCUT2D eigenvalue weighted by Crippen LogP contribution is 2.20. The summed E-state index contributed by atoms with van der Waals surface area (Å²) in [4.78, 5) is 38.9. The van der Waals surface area contributed by atoms with Gasteiger partial charge in [0.25, 0.3) is 0 Å². The smallest absolute Gasteiger partial charge is 0.415 e. The molecule has 248 valence electrons. The highest BCUT2D eigenvalue weighted by Gasteiger charge is 2.26. The summed E-state index contributed by atoms with van der Waals surface area (Å²) in [5.74, 6) is 0.491. The predicted octanol–water partition coefficient (Wildman–Crippen LogP) is 8.46. The Kier molecular flexibility index (Phi) is 17.0. The van der Waals surface area contributed by atoms with Gasteiger partial charge in [0.1, 0.15) is 11.9 Å². The van der Waals surface area contributed by atoms with E-state index in [1.54, 1.807) is 4.90 Å². The highest BCUT2D eigenvalue weighted by atomic mass is 16.6. The zero-order valence-corrected chi connectivity index (χ0v) is 27.5. The van der Waals surface area contributed by atoms with Crippen LogP contribution in [0.5, 0.6) is 5.75 Å². The van der Waals surface area contributed by atoms with Gasteiger partial charge < -0.3 is 24.4 Å². The molecule has 2 aromatic carbocycles. The highest BCUT2D eigenvalue weighted by molar-refractivity contribution is 5.72. The van der Waals surface area contributed by atoms with E-state index in [0.29, 0.717) is 44.8 Å². The van der Waals surface area contributed by atoms with Crippen LogP contribution >= 0.6 is 0 Å². The predicted molar refractivity (Wildman–Crippen MR) is 177 cm³/mol. The number of hydrogen-bond acceptors (Lipinski definition) is 6. The number of piperidine rings is 1. The van der Waals surface area contributed by atoms with E-state index in [-0.39, 0.29) is 24.1 Å². The lowest BCUT2D eigenvalue weighted by Crippen LogP contribution is -2.43. The number of nitrogens with zero attached hydrogens (tertiary/aromatic N) is 1. The van der Waals surface area contributed by atoms with Gasteiger partial charge in [-0.3, -0.25) is 4.79 Å². The summed E-state index contributed by atoms with van der Waals surface area (Å²) in [7, 11) is 0. The Morgan fingerprint density at radius 3 is 2.20 bits per heavy atom. The summed E-state index contributed by atoms with van der Waals surface area (Å²) >= 11 is 0. The number of rotatable bonds is 19. The molecule has 1 atom stereocenters. The van der Waals surface area contributed by atoms with Gasteiger partial charge in [0.05, 0.1) is 12.5 Å². The van der Waals surface area contributed by atoms with Gasteiger partial charge in [-0.25, -0.2) is 9.59 Å². The molecule has 1 fully saturated rings. The summed E-state index contributed by atoms with van der Waals surface area (Å²) in [5.41, 5.74) is 2.38. The minimum Gasteiger partial charge on any atom is -0.465 e. The van der Waals surface area contributed by atoms with Crippen LogP contribution in [0.25, 0.3) is 0 Å². The van der Waals surface area contributed by atoms with Gasteiger partial charge in [0.2, 0.25) is 0 Å². The van der Waals surface area contributed by atoms with Crippen molar-refractivity contribution in [2.45, 2.75) is 110 Å². The van der Waals surface area contributed by atoms with E-state index < -0.39 is 6.09 Å². The number of amides is 2. The van der Waals surface area contributed by atoms with Gasteiger partial charge in [-0.2, -0.15) is 0 Å². The van der Waals surface area contributed by atoms with Crippen molar-refractivity contribution in [3.05, 3.63) is 65.7 Å². The first kappa shape index (κ1) is 35.9. The normalized spacial score (nSPS) is 14.0. The number of benzene rings is 2. The SMILES string of the molecule is CCCCCCCC(CC)C(=O)OCCCCCCNC(=O)OC1CCN(C(=O)Oc2ccc(Cc3ccccc3)cc2)CC1. The molecule has 0 aliphatic carbocycles. The molecule has 45 heavy (non-hydrogen) atoms. The number of unbranched alkanes of at least 4 members (excludes halogenated alkanes) is 7. The van der Waals surface area contributed by atoms with Crippen molar-refractivity contribution in [3.8, 4) is 5.75 Å². The fourth-order valence-electron chi connectivity index (χ4n) is 5.57. The largest absolute Gasteiger partial charge is 0.465 e. The molecule has 1 saturated heterocycles. The number of ether oxygens (including phenoxy) is 3. The molecule has 1 N–H and O–H groups in total. The maximum Gasteiger partial charge on any atom is 0.415 e. The molecule has 2 aromatic rings. The maximum atomic E-state index is 12.6. The third-order valence-electron chi connectivity index (χ3n) is 8.42. The first-order valence-corrected chi connectivity index (χ1v) is 17.2. The van der Waals surface area contributed by atoms with Gasteiger partial charge in [0, 0.05) is 32.5 Å². The molecule has 0 bridgehead atoms. The number of carbonyl (C=O) groups is 3. The molecular formula is C37H54N2O6. The molecule has 2 amide bonds. The van der Waals surface area contributed by atoms with Crippen molar-refractivity contribution in [2.75, 3.05) is 26.2 Å². The topological polar surface area (TPSA) is 94.2 Å². The summed E-state index contributed by atoms with van der Waals surface area (Å²) in [6.07, 6.45) is 12.4. The average Bonchev–Trinajstić information content (AvgIpc) is 3.05. The molecule has 1 unspecified atom stereocenters. The van der Waals surface area contributed by atoms with Crippen LogP contribution in [0.3, 0.4) is 0 Å². The van der Waals surface area contributed by atoms with Crippen LogP contribution in [0, 0.1) is 5.92 Å². The minimum atomic E-state index is -0.416. The fourth-order valence-corrected chi connectivity index (χ4v) is 5.57. The van der Waals surface area contributed by atoms with Crippen LogP contribution in [0.4, 0.5) is 9.59 Å². The summed E-state index contributed by atoms with van der Waals surface area (Å²) in [6.45, 7) is 6.23. The number of alkyl carbamates (subject to hydrolysis) is 1. The molecule has 1 aliphatic rings. The number of likely N-dealkylation sites (tertiary alicyclic amines) is 1. The Hall–Kier alpha value is -3.55. The van der Waals surface area contributed by atoms with Crippen molar-refractivity contribution in [2.24, 2.45) is 5.92 Å². The van der Waals surface area contributed by atoms with Crippen LogP contribution in [0.2, 0.25) is 0 Å². The Balaban J connectivity index is 1.19. The molecule has 3 rings (SSSR count). The third kappa shape index (κ3) is 14.4. The molecule has 0 radical (unpaired) electrons. The minimum absolute atomic E-state index is 0.0246. The van der Waals surface area contributed by atoms with E-state index in [1.807, 2.05) is 42.5 Å². The monoisotopic (exact) mass is 622 g/mol. The van der Waals surface area contributed by atoms with Crippen molar-refractivity contribution >= 4 is 18.2 Å². The van der Waals surface area contributed by atoms with E-state index >= 15 is 0 Å². The van der Waals surface area contributed by atoms with Crippen molar-refractivity contribution in [1.82, 2.24) is 10.2 Å². The first-order valence-electron chi connectivity index (χ1n) is 17.2. The lowest BCUT2D eigenvalue weighted by molar-refractivity contribution is -0.149. The van der Waals surface area contributed by atoms with E-state index in [0.717, 1.165) is 56.9 Å². The number of hydrogen-bond donors (Lipinski definition) is 1. The van der Waals surface area contributed by atoms with Gasteiger partial charge in [0.15, 0.2) is 0 Å². The summed E-state index contributed by atoms with van der Waals surface area (Å²) in [5, 5.41) is 2.83. The Morgan fingerprint density at radius 1 is 0.822 bits per heavy atom. The van der Waals surface area contributed by atoms with Crippen LogP contribution < -0.4 is 10.1 Å². The zero-order valence-electron chi connectivity index (χ0n) is 27.5. The Bertz CT molecular complexity index is 1120. The van der Waals surface area contributed by atoms with Crippen LogP contribution in [-0.2, 0) is 20.7 Å². The number of esters is 1. The van der Waals surface area contributed by atoms with Gasteiger partial charge in [-0.05, 0) is 61.8 Å². The third-order valence-corrected chi connectivity index (χ3v) is 8.42. The standard InChI is InChI=1S/C37H54N2O6/c1-3-5-6-7-13-18-32(4-2)35(40)43-28-15-9-8-14-25-38-36(41)44-34-23-26-39(27-24-34)37(42)45-33-21-19-31(20-22-33)29-30-16-11-10-12-17-30/h10-12,16-17,19-22,32,34H,3-9,13-15,18,23-29H2,1-2H3,(H,38,41). The summed E-state index contributed by atoms with van der Waals surface area (Å²) < 4.78 is 16.7. The maximum absolute atomic E-state index is 12.6. The van der Waals surface area contributed by atoms with Crippen molar-refractivity contribution < 1.29 is 28.6 Å². The molecule has 1 aliphatic heterocycles. The second-order valence-electron chi connectivity index (χ2n) is 12.1. The van der Waals surface area contributed by atoms with Gasteiger partial charge in [-0.1, -0.05) is 94.8 Å². The lowest BCUT2D eigenvalue weighted by atomic mass is 9.98. The van der Waals surface area contributed by atoms with E-state index in [9.17, 15) is 14.4 Å². The summed E-state index contributed by atoms with van der Waals surface area (Å²) in [6, 6.07) is 17.8. The molecule has 0 spiro atoms. The average molecular weight is 623 g/mol. The Morgan fingerprint density at radius 2 is 1.49 bits per heavy atom. The quantitative estimate of drug-likeness (QED) is 0.125. The Labute approximate surface area is 270 Å². The molecule has 8 heteroatoms. The fraction of sp³-hybridized carbons (Fsp3) is 0.595. The lowest BCUT2D eigenvalue weighted by Gasteiger charge is -2.30. The second-order valence-corrected chi connectivity index (χ2v) is 12.1. The van der Waals surface area contributed by atoms with Crippen LogP contribution in [0.15, 0.2) is 54.6 Å². The molecule has 1 heterocycles. The molecule has 0 saturated carbocycles. The zero-order chi connectivity index (χ0) is 32.1. The number of carbonyl (C=O) groups excluding carboxylic acids is 3. The van der Waals surface area contributed by atoms with E-state index in [2.05, 4.69) is 31.3 Å². The van der Waals surface area contributed by atoms with E-state index in [4.69, 9.17) is 14.2 Å². The first-order chi connectivity index (χ1) is 22.0. The molecule has 8 nitrogen and oxygen atoms in total. The van der Waals surface area contributed by atoms with Crippen molar-refractivity contribution in [1.29, 1.82) is 0 Å². The number of nitrogens with one attached hydrogen (secondary N) is 1. The molecular weight excluding hydrogens is 568 g/mol. The van der Waals surface area contributed by atoms with Crippen LogP contribution in [0.1, 0.15) is 108 Å². The van der Waals surface area contributed by atoms with E-state index in [1.165, 1.54) is 31.2 Å². The molecule has 0 aromatic heterocycles. The van der Waals surface area contributed by atoms with Crippen LogP contribution in [-0.4, -0.2) is 55.4 Å². The van der Waals surface area contributed by atoms with Gasteiger partial charge >= 0.3 is 18.2 Å². The van der Waals surface area contributed by atoms with Crippen molar-refractivity contribution in [3.63, 3.8) is 0 Å². The second kappa shape index (κ2) is 21.2.